The fourth-order valence-electron chi connectivity index (χ4n) is 1.86. The number of carbonyl (C=O) groups is 1. The summed E-state index contributed by atoms with van der Waals surface area (Å²) in [4.78, 5) is 16.0. The Labute approximate surface area is 142 Å². The molecule has 0 aliphatic rings. The van der Waals surface area contributed by atoms with E-state index < -0.39 is 0 Å². The van der Waals surface area contributed by atoms with Gasteiger partial charge in [0.25, 0.3) is 5.91 Å². The van der Waals surface area contributed by atoms with Crippen molar-refractivity contribution in [3.63, 3.8) is 0 Å². The molecule has 0 bridgehead atoms. The van der Waals surface area contributed by atoms with Gasteiger partial charge in [-0.05, 0) is 47.1 Å². The molecule has 2 rings (SSSR count). The van der Waals surface area contributed by atoms with Crippen LogP contribution in [-0.2, 0) is 0 Å². The van der Waals surface area contributed by atoms with Crippen LogP contribution in [0.4, 0.5) is 0 Å². The Morgan fingerprint density at radius 1 is 1.13 bits per heavy atom. The third-order valence-electron chi connectivity index (χ3n) is 3.09. The van der Waals surface area contributed by atoms with Crippen molar-refractivity contribution in [2.24, 2.45) is 5.10 Å². The zero-order valence-corrected chi connectivity index (χ0v) is 14.5. The van der Waals surface area contributed by atoms with E-state index in [1.165, 1.54) is 6.20 Å². The maximum Gasteiger partial charge on any atom is 0.272 e. The molecule has 0 saturated heterocycles. The Morgan fingerprint density at radius 2 is 1.87 bits per heavy atom. The molecule has 0 fully saturated rings. The molecule has 7 heteroatoms. The Bertz CT molecular complexity index is 747. The van der Waals surface area contributed by atoms with Gasteiger partial charge < -0.3 is 9.47 Å². The second-order valence-electron chi connectivity index (χ2n) is 4.60. The smallest absolute Gasteiger partial charge is 0.272 e. The molecule has 2 aromatic rings. The summed E-state index contributed by atoms with van der Waals surface area (Å²) in [5.41, 5.74) is 4.38. The summed E-state index contributed by atoms with van der Waals surface area (Å²) < 4.78 is 11.2. The summed E-state index contributed by atoms with van der Waals surface area (Å²) >= 11 is 3.27. The number of hydrogen-bond donors (Lipinski definition) is 1. The molecule has 1 heterocycles. The molecule has 1 aromatic carbocycles. The maximum absolute atomic E-state index is 12.0. The molecule has 23 heavy (non-hydrogen) atoms. The van der Waals surface area contributed by atoms with Crippen LogP contribution < -0.4 is 14.9 Å². The van der Waals surface area contributed by atoms with Crippen molar-refractivity contribution in [2.45, 2.75) is 6.92 Å². The molecule has 0 saturated carbocycles. The molecule has 120 valence electrons. The Morgan fingerprint density at radius 3 is 2.52 bits per heavy atom. The summed E-state index contributed by atoms with van der Waals surface area (Å²) in [5, 5.41) is 4.11. The van der Waals surface area contributed by atoms with Crippen LogP contribution in [-0.4, -0.2) is 30.8 Å². The summed E-state index contributed by atoms with van der Waals surface area (Å²) in [7, 11) is 3.14. The number of hydrazone groups is 1. The number of hydrogen-bond acceptors (Lipinski definition) is 5. The molecule has 0 radical (unpaired) electrons. The van der Waals surface area contributed by atoms with E-state index in [-0.39, 0.29) is 5.91 Å². The minimum Gasteiger partial charge on any atom is -0.493 e. The van der Waals surface area contributed by atoms with Crippen LogP contribution in [0.25, 0.3) is 0 Å². The first-order valence-corrected chi connectivity index (χ1v) is 7.52. The molecule has 0 unspecified atom stereocenters. The summed E-state index contributed by atoms with van der Waals surface area (Å²) in [6.07, 6.45) is 3.08. The SMILES string of the molecule is COc1ccc(/C(C)=N/NC(=O)c2cncc(Br)c2)cc1OC. The molecular formula is C16H16BrN3O3. The first kappa shape index (κ1) is 17.0. The monoisotopic (exact) mass is 377 g/mol. The highest BCUT2D eigenvalue weighted by Gasteiger charge is 2.08. The number of pyridine rings is 1. The summed E-state index contributed by atoms with van der Waals surface area (Å²) in [5.74, 6) is 0.897. The lowest BCUT2D eigenvalue weighted by atomic mass is 10.1. The molecule has 1 amide bonds. The number of nitrogens with one attached hydrogen (secondary N) is 1. The third-order valence-corrected chi connectivity index (χ3v) is 3.53. The fraction of sp³-hybridized carbons (Fsp3) is 0.188. The van der Waals surface area contributed by atoms with E-state index in [4.69, 9.17) is 9.47 Å². The average Bonchev–Trinajstić information content (AvgIpc) is 2.58. The number of methoxy groups -OCH3 is 2. The lowest BCUT2D eigenvalue weighted by Crippen LogP contribution is -2.19. The van der Waals surface area contributed by atoms with Crippen LogP contribution in [0.15, 0.2) is 46.2 Å². The average molecular weight is 378 g/mol. The number of ether oxygens (including phenoxy) is 2. The zero-order valence-electron chi connectivity index (χ0n) is 13.0. The highest BCUT2D eigenvalue weighted by Crippen LogP contribution is 2.27. The largest absolute Gasteiger partial charge is 0.493 e. The van der Waals surface area contributed by atoms with Gasteiger partial charge in [-0.25, -0.2) is 5.43 Å². The highest BCUT2D eigenvalue weighted by atomic mass is 79.9. The second-order valence-corrected chi connectivity index (χ2v) is 5.52. The van der Waals surface area contributed by atoms with E-state index in [1.807, 2.05) is 6.07 Å². The van der Waals surface area contributed by atoms with E-state index in [2.05, 4.69) is 31.4 Å². The number of carbonyl (C=O) groups excluding carboxylic acids is 1. The molecule has 1 N–H and O–H groups in total. The lowest BCUT2D eigenvalue weighted by molar-refractivity contribution is 0.0954. The topological polar surface area (TPSA) is 72.8 Å². The van der Waals surface area contributed by atoms with Crippen molar-refractivity contribution in [2.75, 3.05) is 14.2 Å². The van der Waals surface area contributed by atoms with Crippen LogP contribution in [0.1, 0.15) is 22.8 Å². The molecule has 0 spiro atoms. The standard InChI is InChI=1S/C16H16BrN3O3/c1-10(11-4-5-14(22-2)15(7-11)23-3)19-20-16(21)12-6-13(17)9-18-8-12/h4-9H,1-3H3,(H,20,21)/b19-10+. The number of amides is 1. The van der Waals surface area contributed by atoms with Gasteiger partial charge in [0, 0.05) is 22.4 Å². The number of rotatable bonds is 5. The quantitative estimate of drug-likeness (QED) is 0.641. The van der Waals surface area contributed by atoms with Gasteiger partial charge in [-0.15, -0.1) is 0 Å². The Hall–Kier alpha value is -2.41. The van der Waals surface area contributed by atoms with E-state index in [0.29, 0.717) is 22.8 Å². The lowest BCUT2D eigenvalue weighted by Gasteiger charge is -2.09. The minimum absolute atomic E-state index is 0.335. The van der Waals surface area contributed by atoms with Gasteiger partial charge >= 0.3 is 0 Å². The second kappa shape index (κ2) is 7.73. The van der Waals surface area contributed by atoms with Crippen molar-refractivity contribution in [1.82, 2.24) is 10.4 Å². The Kier molecular flexibility index (Phi) is 5.70. The van der Waals surface area contributed by atoms with Crippen molar-refractivity contribution in [3.8, 4) is 11.5 Å². The maximum atomic E-state index is 12.0. The fourth-order valence-corrected chi connectivity index (χ4v) is 2.23. The highest BCUT2D eigenvalue weighted by molar-refractivity contribution is 9.10. The van der Waals surface area contributed by atoms with E-state index in [0.717, 1.165) is 10.0 Å². The molecule has 0 aliphatic heterocycles. The number of benzene rings is 1. The van der Waals surface area contributed by atoms with Gasteiger partial charge in [0.15, 0.2) is 11.5 Å². The number of nitrogens with zero attached hydrogens (tertiary/aromatic N) is 2. The predicted molar refractivity (Wildman–Crippen MR) is 91.2 cm³/mol. The molecular weight excluding hydrogens is 362 g/mol. The van der Waals surface area contributed by atoms with Crippen molar-refractivity contribution >= 4 is 27.5 Å². The number of halogens is 1. The van der Waals surface area contributed by atoms with E-state index in [1.54, 1.807) is 45.5 Å². The van der Waals surface area contributed by atoms with Gasteiger partial charge in [0.1, 0.15) is 0 Å². The molecule has 0 atom stereocenters. The first-order valence-electron chi connectivity index (χ1n) is 6.72. The summed E-state index contributed by atoms with van der Waals surface area (Å²) in [6.45, 7) is 1.79. The van der Waals surface area contributed by atoms with Gasteiger partial charge in [-0.3, -0.25) is 9.78 Å². The van der Waals surface area contributed by atoms with Crippen molar-refractivity contribution < 1.29 is 14.3 Å². The van der Waals surface area contributed by atoms with Crippen LogP contribution in [0.3, 0.4) is 0 Å². The molecule has 0 aliphatic carbocycles. The zero-order chi connectivity index (χ0) is 16.8. The number of aromatic nitrogens is 1. The van der Waals surface area contributed by atoms with E-state index in [9.17, 15) is 4.79 Å². The molecule has 6 nitrogen and oxygen atoms in total. The summed E-state index contributed by atoms with van der Waals surface area (Å²) in [6, 6.07) is 7.09. The minimum atomic E-state index is -0.335. The van der Waals surface area contributed by atoms with Crippen LogP contribution >= 0.6 is 15.9 Å². The third kappa shape index (κ3) is 4.29. The predicted octanol–water partition coefficient (Wildman–Crippen LogP) is 3.02. The normalized spacial score (nSPS) is 11.0. The van der Waals surface area contributed by atoms with Crippen LogP contribution in [0.5, 0.6) is 11.5 Å². The Balaban J connectivity index is 2.15. The molecule has 1 aromatic heterocycles. The van der Waals surface area contributed by atoms with Gasteiger partial charge in [0.05, 0.1) is 25.5 Å². The van der Waals surface area contributed by atoms with E-state index >= 15 is 0 Å². The van der Waals surface area contributed by atoms with Gasteiger partial charge in [0.2, 0.25) is 0 Å². The van der Waals surface area contributed by atoms with Crippen molar-refractivity contribution in [3.05, 3.63) is 52.3 Å². The van der Waals surface area contributed by atoms with Gasteiger partial charge in [-0.2, -0.15) is 5.10 Å². The van der Waals surface area contributed by atoms with Crippen molar-refractivity contribution in [1.29, 1.82) is 0 Å². The van der Waals surface area contributed by atoms with Crippen LogP contribution in [0.2, 0.25) is 0 Å². The van der Waals surface area contributed by atoms with Gasteiger partial charge in [-0.1, -0.05) is 0 Å². The first-order chi connectivity index (χ1) is 11.0. The van der Waals surface area contributed by atoms with Crippen LogP contribution in [0, 0.1) is 0 Å².